The maximum Gasteiger partial charge on any atom is 0.195 e. The summed E-state index contributed by atoms with van der Waals surface area (Å²) in [5, 5.41) is 9.10. The van der Waals surface area contributed by atoms with Gasteiger partial charge in [-0.05, 0) is 62.9 Å². The number of hydrogen-bond donors (Lipinski definition) is 2. The van der Waals surface area contributed by atoms with Crippen LogP contribution in [-0.2, 0) is 6.42 Å². The van der Waals surface area contributed by atoms with Gasteiger partial charge in [0.15, 0.2) is 17.5 Å². The van der Waals surface area contributed by atoms with Crippen molar-refractivity contribution in [3.63, 3.8) is 0 Å². The van der Waals surface area contributed by atoms with Crippen LogP contribution in [0.3, 0.4) is 0 Å². The van der Waals surface area contributed by atoms with Crippen molar-refractivity contribution in [2.45, 2.75) is 31.7 Å². The predicted molar refractivity (Wildman–Crippen MR) is 140 cm³/mol. The van der Waals surface area contributed by atoms with Gasteiger partial charge in [0.1, 0.15) is 0 Å². The van der Waals surface area contributed by atoms with Gasteiger partial charge in [0.05, 0.1) is 19.8 Å². The molecule has 1 aliphatic heterocycles. The van der Waals surface area contributed by atoms with Gasteiger partial charge in [0.25, 0.3) is 0 Å². The molecular formula is C23H33IN4O2S. The highest BCUT2D eigenvalue weighted by Gasteiger charge is 2.32. The highest BCUT2D eigenvalue weighted by molar-refractivity contribution is 14.0. The minimum atomic E-state index is 0. The van der Waals surface area contributed by atoms with Crippen LogP contribution in [-0.4, -0.2) is 57.3 Å². The Kier molecular flexibility index (Phi) is 9.28. The summed E-state index contributed by atoms with van der Waals surface area (Å²) >= 11 is 1.79. The van der Waals surface area contributed by atoms with E-state index in [4.69, 9.17) is 14.5 Å². The Morgan fingerprint density at radius 1 is 1.19 bits per heavy atom. The predicted octanol–water partition coefficient (Wildman–Crippen LogP) is 4.47. The molecule has 1 aromatic carbocycles. The van der Waals surface area contributed by atoms with Crippen molar-refractivity contribution in [3.05, 3.63) is 40.6 Å². The molecule has 1 unspecified atom stereocenters. The third-order valence-electron chi connectivity index (χ3n) is 5.52. The molecule has 6 nitrogen and oxygen atoms in total. The summed E-state index contributed by atoms with van der Waals surface area (Å²) in [6.45, 7) is 3.01. The monoisotopic (exact) mass is 556 g/mol. The molecule has 1 saturated carbocycles. The number of ether oxygens (including phenoxy) is 2. The number of aliphatic imine (C=N–C) groups is 1. The number of rotatable bonds is 8. The largest absolute Gasteiger partial charge is 0.490 e. The summed E-state index contributed by atoms with van der Waals surface area (Å²) in [4.78, 5) is 8.62. The molecule has 1 aliphatic carbocycles. The number of hydrogen-bond acceptors (Lipinski definition) is 5. The minimum absolute atomic E-state index is 0. The Labute approximate surface area is 206 Å². The standard InChI is InChI=1S/C23H32N4O2S.HI/c1-27(2)20(17-6-7-17)16-25-23(24-11-10-19-5-3-14-30-19)26-18-8-9-21-22(15-18)29-13-4-12-28-21;/h3,5,8-9,14-15,17,20H,4,6-7,10-13,16H2,1-2H3,(H2,24,25,26);1H. The molecular weight excluding hydrogens is 523 g/mol. The van der Waals surface area contributed by atoms with Gasteiger partial charge in [0.2, 0.25) is 0 Å². The van der Waals surface area contributed by atoms with Crippen LogP contribution in [0.1, 0.15) is 24.1 Å². The van der Waals surface area contributed by atoms with Crippen molar-refractivity contribution >= 4 is 47.0 Å². The number of fused-ring (bicyclic) bond motifs is 1. The van der Waals surface area contributed by atoms with E-state index in [2.05, 4.69) is 47.1 Å². The Morgan fingerprint density at radius 2 is 2.00 bits per heavy atom. The van der Waals surface area contributed by atoms with E-state index >= 15 is 0 Å². The Hall–Kier alpha value is -1.52. The third-order valence-corrected chi connectivity index (χ3v) is 6.46. The molecule has 2 aromatic rings. The van der Waals surface area contributed by atoms with Crippen LogP contribution in [0.2, 0.25) is 0 Å². The topological polar surface area (TPSA) is 58.1 Å². The van der Waals surface area contributed by atoms with E-state index < -0.39 is 0 Å². The third kappa shape index (κ3) is 7.25. The first-order valence-electron chi connectivity index (χ1n) is 10.8. The normalized spacial score (nSPS) is 16.9. The fourth-order valence-corrected chi connectivity index (χ4v) is 4.39. The zero-order valence-corrected chi connectivity index (χ0v) is 21.4. The highest BCUT2D eigenvalue weighted by Crippen LogP contribution is 2.35. The molecule has 0 amide bonds. The maximum absolute atomic E-state index is 5.84. The van der Waals surface area contributed by atoms with E-state index in [1.807, 2.05) is 18.2 Å². The minimum Gasteiger partial charge on any atom is -0.490 e. The molecule has 8 heteroatoms. The van der Waals surface area contributed by atoms with Gasteiger partial charge in [-0.15, -0.1) is 35.3 Å². The second kappa shape index (κ2) is 11.9. The first kappa shape index (κ1) is 24.1. The lowest BCUT2D eigenvalue weighted by Gasteiger charge is -2.23. The number of benzene rings is 1. The molecule has 170 valence electrons. The average Bonchev–Trinajstić information content (AvgIpc) is 3.48. The Bertz CT molecular complexity index is 838. The fourth-order valence-electron chi connectivity index (χ4n) is 3.68. The van der Waals surface area contributed by atoms with Gasteiger partial charge in [-0.3, -0.25) is 4.99 Å². The summed E-state index contributed by atoms with van der Waals surface area (Å²) in [5.41, 5.74) is 0.953. The number of halogens is 1. The molecule has 2 aliphatic rings. The number of anilines is 1. The maximum atomic E-state index is 5.84. The molecule has 1 atom stereocenters. The van der Waals surface area contributed by atoms with Gasteiger partial charge in [-0.1, -0.05) is 6.07 Å². The first-order chi connectivity index (χ1) is 14.7. The number of likely N-dealkylation sites (N-methyl/N-ethyl adjacent to an activating group) is 1. The van der Waals surface area contributed by atoms with Crippen LogP contribution >= 0.6 is 35.3 Å². The zero-order valence-electron chi connectivity index (χ0n) is 18.3. The van der Waals surface area contributed by atoms with Crippen LogP contribution < -0.4 is 20.1 Å². The van der Waals surface area contributed by atoms with Crippen LogP contribution in [0.15, 0.2) is 40.7 Å². The second-order valence-corrected chi connectivity index (χ2v) is 9.18. The molecule has 0 radical (unpaired) electrons. The average molecular weight is 557 g/mol. The number of nitrogens with zero attached hydrogens (tertiary/aromatic N) is 2. The van der Waals surface area contributed by atoms with Crippen LogP contribution in [0, 0.1) is 5.92 Å². The highest BCUT2D eigenvalue weighted by atomic mass is 127. The van der Waals surface area contributed by atoms with E-state index in [0.717, 1.165) is 55.0 Å². The SMILES string of the molecule is CN(C)C(CN=C(NCCc1cccs1)Nc1ccc2c(c1)OCCCO2)C1CC1.I. The van der Waals surface area contributed by atoms with Gasteiger partial charge >= 0.3 is 0 Å². The number of guanidine groups is 1. The first-order valence-corrected chi connectivity index (χ1v) is 11.7. The van der Waals surface area contributed by atoms with E-state index in [1.165, 1.54) is 17.7 Å². The van der Waals surface area contributed by atoms with Crippen LogP contribution in [0.4, 0.5) is 5.69 Å². The zero-order chi connectivity index (χ0) is 20.8. The van der Waals surface area contributed by atoms with Gasteiger partial charge in [0, 0.05) is 35.6 Å². The molecule has 0 bridgehead atoms. The van der Waals surface area contributed by atoms with Crippen molar-refractivity contribution in [3.8, 4) is 11.5 Å². The van der Waals surface area contributed by atoms with Crippen molar-refractivity contribution in [2.24, 2.45) is 10.9 Å². The van der Waals surface area contributed by atoms with Crippen molar-refractivity contribution in [2.75, 3.05) is 45.7 Å². The van der Waals surface area contributed by atoms with Crippen molar-refractivity contribution in [1.29, 1.82) is 0 Å². The lowest BCUT2D eigenvalue weighted by Crippen LogP contribution is -2.36. The van der Waals surface area contributed by atoms with E-state index in [-0.39, 0.29) is 24.0 Å². The van der Waals surface area contributed by atoms with Gasteiger partial charge < -0.3 is 25.0 Å². The molecule has 2 N–H and O–H groups in total. The quantitative estimate of drug-likeness (QED) is 0.286. The molecule has 31 heavy (non-hydrogen) atoms. The van der Waals surface area contributed by atoms with Gasteiger partial charge in [-0.25, -0.2) is 0 Å². The second-order valence-electron chi connectivity index (χ2n) is 8.15. The summed E-state index contributed by atoms with van der Waals surface area (Å²) in [6, 6.07) is 10.8. The summed E-state index contributed by atoms with van der Waals surface area (Å²) in [6.07, 6.45) is 4.52. The molecule has 0 spiro atoms. The summed E-state index contributed by atoms with van der Waals surface area (Å²) in [7, 11) is 4.30. The molecule has 2 heterocycles. The molecule has 1 aromatic heterocycles. The lowest BCUT2D eigenvalue weighted by atomic mass is 10.2. The summed E-state index contributed by atoms with van der Waals surface area (Å²) < 4.78 is 11.6. The lowest BCUT2D eigenvalue weighted by molar-refractivity contribution is 0.271. The van der Waals surface area contributed by atoms with Crippen LogP contribution in [0.5, 0.6) is 11.5 Å². The van der Waals surface area contributed by atoms with Crippen LogP contribution in [0.25, 0.3) is 0 Å². The van der Waals surface area contributed by atoms with E-state index in [0.29, 0.717) is 19.3 Å². The van der Waals surface area contributed by atoms with Crippen molar-refractivity contribution in [1.82, 2.24) is 10.2 Å². The van der Waals surface area contributed by atoms with Crippen molar-refractivity contribution < 1.29 is 9.47 Å². The molecule has 1 fully saturated rings. The smallest absolute Gasteiger partial charge is 0.195 e. The van der Waals surface area contributed by atoms with E-state index in [9.17, 15) is 0 Å². The van der Waals surface area contributed by atoms with E-state index in [1.54, 1.807) is 11.3 Å². The molecule has 0 saturated heterocycles. The van der Waals surface area contributed by atoms with Gasteiger partial charge in [-0.2, -0.15) is 0 Å². The fraction of sp³-hybridized carbons (Fsp3) is 0.522. The number of nitrogens with one attached hydrogen (secondary N) is 2. The molecule has 4 rings (SSSR count). The summed E-state index contributed by atoms with van der Waals surface area (Å²) in [5.74, 6) is 3.19. The Balaban J connectivity index is 0.00000272. The Morgan fingerprint density at radius 3 is 2.71 bits per heavy atom. The number of thiophene rings is 1.